The van der Waals surface area contributed by atoms with E-state index in [1.54, 1.807) is 30.3 Å². The third-order valence-electron chi connectivity index (χ3n) is 4.77. The van der Waals surface area contributed by atoms with Gasteiger partial charge in [0.05, 0.1) is 5.56 Å². The van der Waals surface area contributed by atoms with Gasteiger partial charge in [0.25, 0.3) is 5.91 Å². The number of carbonyl (C=O) groups is 2. The van der Waals surface area contributed by atoms with E-state index < -0.39 is 6.04 Å². The molecule has 0 saturated heterocycles. The van der Waals surface area contributed by atoms with Gasteiger partial charge >= 0.3 is 0 Å². The van der Waals surface area contributed by atoms with Crippen LogP contribution in [0.3, 0.4) is 0 Å². The van der Waals surface area contributed by atoms with Crippen LogP contribution in [0.15, 0.2) is 83.3 Å². The molecule has 0 radical (unpaired) electrons. The van der Waals surface area contributed by atoms with Crippen LogP contribution in [0.2, 0.25) is 5.02 Å². The lowest BCUT2D eigenvalue weighted by molar-refractivity contribution is -0.118. The number of nitrogens with zero attached hydrogens (tertiary/aromatic N) is 2. The standard InChI is InChI=1S/C24H18BrClN4O2S/c25-19-9-5-4-8-18(19)21(31)27-20(14-15-6-2-1-3-7-15)22(32)28-24-30-29-23(33-24)16-10-12-17(26)13-11-16/h1-13,20H,14H2,(H,27,31)(H,28,30,32)/t20-/m0/s1. The van der Waals surface area contributed by atoms with Crippen molar-refractivity contribution < 1.29 is 9.59 Å². The maximum Gasteiger partial charge on any atom is 0.253 e. The maximum atomic E-state index is 13.1. The summed E-state index contributed by atoms with van der Waals surface area (Å²) in [5.74, 6) is -0.726. The molecule has 1 aromatic heterocycles. The molecular weight excluding hydrogens is 524 g/mol. The van der Waals surface area contributed by atoms with Crippen molar-refractivity contribution in [2.75, 3.05) is 5.32 Å². The second-order valence-electron chi connectivity index (χ2n) is 7.10. The normalized spacial score (nSPS) is 11.6. The molecule has 0 bridgehead atoms. The highest BCUT2D eigenvalue weighted by atomic mass is 79.9. The van der Waals surface area contributed by atoms with E-state index in [0.29, 0.717) is 31.6 Å². The molecule has 1 atom stereocenters. The van der Waals surface area contributed by atoms with Gasteiger partial charge in [-0.2, -0.15) is 0 Å². The minimum absolute atomic E-state index is 0.325. The highest BCUT2D eigenvalue weighted by Gasteiger charge is 2.24. The number of anilines is 1. The van der Waals surface area contributed by atoms with Gasteiger partial charge in [0, 0.05) is 21.5 Å². The van der Waals surface area contributed by atoms with Crippen molar-refractivity contribution in [3.8, 4) is 10.6 Å². The van der Waals surface area contributed by atoms with Gasteiger partial charge in [-0.3, -0.25) is 14.9 Å². The Bertz CT molecular complexity index is 1260. The third kappa shape index (κ3) is 6.04. The number of rotatable bonds is 7. The first-order chi connectivity index (χ1) is 16.0. The number of amides is 2. The van der Waals surface area contributed by atoms with E-state index in [0.717, 1.165) is 11.1 Å². The van der Waals surface area contributed by atoms with E-state index in [-0.39, 0.29) is 11.8 Å². The monoisotopic (exact) mass is 540 g/mol. The first-order valence-corrected chi connectivity index (χ1v) is 12.0. The molecule has 4 rings (SSSR count). The van der Waals surface area contributed by atoms with Crippen molar-refractivity contribution in [2.45, 2.75) is 12.5 Å². The number of halogens is 2. The summed E-state index contributed by atoms with van der Waals surface area (Å²) in [5, 5.41) is 15.5. The molecule has 0 unspecified atom stereocenters. The van der Waals surface area contributed by atoms with Gasteiger partial charge in [0.2, 0.25) is 11.0 Å². The lowest BCUT2D eigenvalue weighted by Gasteiger charge is -2.18. The fourth-order valence-corrected chi connectivity index (χ4v) is 4.46. The smallest absolute Gasteiger partial charge is 0.253 e. The van der Waals surface area contributed by atoms with Crippen LogP contribution in [0.5, 0.6) is 0 Å². The maximum absolute atomic E-state index is 13.1. The molecule has 0 fully saturated rings. The highest BCUT2D eigenvalue weighted by molar-refractivity contribution is 9.10. The third-order valence-corrected chi connectivity index (χ3v) is 6.60. The molecule has 4 aromatic rings. The van der Waals surface area contributed by atoms with Crippen LogP contribution in [0.25, 0.3) is 10.6 Å². The molecule has 6 nitrogen and oxygen atoms in total. The Morgan fingerprint density at radius 3 is 2.36 bits per heavy atom. The van der Waals surface area contributed by atoms with Gasteiger partial charge in [0.1, 0.15) is 11.0 Å². The Balaban J connectivity index is 1.52. The van der Waals surface area contributed by atoms with E-state index in [2.05, 4.69) is 36.8 Å². The van der Waals surface area contributed by atoms with Gasteiger partial charge in [-0.25, -0.2) is 0 Å². The summed E-state index contributed by atoms with van der Waals surface area (Å²) in [6.07, 6.45) is 0.325. The van der Waals surface area contributed by atoms with E-state index in [1.165, 1.54) is 11.3 Å². The minimum atomic E-state index is -0.810. The van der Waals surface area contributed by atoms with E-state index in [1.807, 2.05) is 48.5 Å². The van der Waals surface area contributed by atoms with Crippen molar-refractivity contribution in [1.82, 2.24) is 15.5 Å². The molecule has 0 spiro atoms. The van der Waals surface area contributed by atoms with Gasteiger partial charge in [-0.1, -0.05) is 77.5 Å². The van der Waals surface area contributed by atoms with Gasteiger partial charge in [-0.15, -0.1) is 10.2 Å². The largest absolute Gasteiger partial charge is 0.340 e. The summed E-state index contributed by atoms with van der Waals surface area (Å²) >= 11 is 10.6. The van der Waals surface area contributed by atoms with Gasteiger partial charge in [-0.05, 0) is 45.8 Å². The Morgan fingerprint density at radius 2 is 1.64 bits per heavy atom. The lowest BCUT2D eigenvalue weighted by Crippen LogP contribution is -2.45. The average molecular weight is 542 g/mol. The molecule has 2 amide bonds. The molecule has 33 heavy (non-hydrogen) atoms. The number of benzene rings is 3. The summed E-state index contributed by atoms with van der Waals surface area (Å²) in [6.45, 7) is 0. The average Bonchev–Trinajstić information content (AvgIpc) is 3.28. The number of aromatic nitrogens is 2. The minimum Gasteiger partial charge on any atom is -0.340 e. The number of hydrogen-bond donors (Lipinski definition) is 2. The van der Waals surface area contributed by atoms with Crippen LogP contribution in [0.4, 0.5) is 5.13 Å². The fourth-order valence-electron chi connectivity index (χ4n) is 3.12. The predicted molar refractivity (Wildman–Crippen MR) is 135 cm³/mol. The Hall–Kier alpha value is -3.07. The van der Waals surface area contributed by atoms with Crippen molar-refractivity contribution >= 4 is 55.8 Å². The van der Waals surface area contributed by atoms with E-state index >= 15 is 0 Å². The van der Waals surface area contributed by atoms with Crippen LogP contribution >= 0.6 is 38.9 Å². The molecule has 0 aliphatic heterocycles. The Labute approximate surface area is 208 Å². The predicted octanol–water partition coefficient (Wildman–Crippen LogP) is 5.60. The quantitative estimate of drug-likeness (QED) is 0.319. The van der Waals surface area contributed by atoms with Crippen molar-refractivity contribution in [2.24, 2.45) is 0 Å². The molecule has 0 saturated carbocycles. The summed E-state index contributed by atoms with van der Waals surface area (Å²) in [5.41, 5.74) is 2.22. The Kier molecular flexibility index (Phi) is 7.49. The van der Waals surface area contributed by atoms with Crippen LogP contribution in [0, 0.1) is 0 Å². The van der Waals surface area contributed by atoms with Crippen LogP contribution in [-0.4, -0.2) is 28.1 Å². The highest BCUT2D eigenvalue weighted by Crippen LogP contribution is 2.27. The summed E-state index contributed by atoms with van der Waals surface area (Å²) < 4.78 is 0.651. The zero-order valence-corrected chi connectivity index (χ0v) is 20.3. The first-order valence-electron chi connectivity index (χ1n) is 9.99. The van der Waals surface area contributed by atoms with Gasteiger partial charge in [0.15, 0.2) is 0 Å². The van der Waals surface area contributed by atoms with Crippen LogP contribution < -0.4 is 10.6 Å². The molecule has 3 aromatic carbocycles. The molecule has 0 aliphatic carbocycles. The first kappa shape index (κ1) is 23.1. The zero-order valence-electron chi connectivity index (χ0n) is 17.2. The summed E-state index contributed by atoms with van der Waals surface area (Å²) in [6, 6.07) is 23.0. The second kappa shape index (κ2) is 10.7. The second-order valence-corrected chi connectivity index (χ2v) is 9.37. The van der Waals surface area contributed by atoms with E-state index in [4.69, 9.17) is 11.6 Å². The lowest BCUT2D eigenvalue weighted by atomic mass is 10.0. The van der Waals surface area contributed by atoms with Gasteiger partial charge < -0.3 is 5.32 Å². The van der Waals surface area contributed by atoms with Crippen LogP contribution in [-0.2, 0) is 11.2 Å². The Morgan fingerprint density at radius 1 is 0.939 bits per heavy atom. The fraction of sp³-hybridized carbons (Fsp3) is 0.0833. The molecule has 9 heteroatoms. The molecular formula is C24H18BrClN4O2S. The van der Waals surface area contributed by atoms with Crippen LogP contribution in [0.1, 0.15) is 15.9 Å². The zero-order chi connectivity index (χ0) is 23.2. The summed E-state index contributed by atoms with van der Waals surface area (Å²) in [4.78, 5) is 26.0. The van der Waals surface area contributed by atoms with Crippen molar-refractivity contribution in [1.29, 1.82) is 0 Å². The SMILES string of the molecule is O=C(N[C@@H](Cc1ccccc1)C(=O)Nc1nnc(-c2ccc(Cl)cc2)s1)c1ccccc1Br. The molecule has 2 N–H and O–H groups in total. The van der Waals surface area contributed by atoms with Crippen molar-refractivity contribution in [3.05, 3.63) is 99.5 Å². The number of nitrogens with one attached hydrogen (secondary N) is 2. The topological polar surface area (TPSA) is 84.0 Å². The van der Waals surface area contributed by atoms with Crippen molar-refractivity contribution in [3.63, 3.8) is 0 Å². The summed E-state index contributed by atoms with van der Waals surface area (Å²) in [7, 11) is 0. The number of hydrogen-bond acceptors (Lipinski definition) is 5. The molecule has 166 valence electrons. The molecule has 0 aliphatic rings. The number of carbonyl (C=O) groups excluding carboxylic acids is 2. The molecule has 1 heterocycles. The van der Waals surface area contributed by atoms with E-state index in [9.17, 15) is 9.59 Å².